The second kappa shape index (κ2) is 11.7. The number of aliphatic hydroxyl groups excluding tert-OH is 1. The van der Waals surface area contributed by atoms with E-state index in [2.05, 4.69) is 25.4 Å². The number of ether oxygens (including phenoxy) is 1. The Hall–Kier alpha value is 0.230. The SMILES string of the molecule is CCCCOCC(O)CNC(CC)CSC. The molecule has 16 heavy (non-hydrogen) atoms. The fourth-order valence-corrected chi connectivity index (χ4v) is 2.11. The first-order valence-electron chi connectivity index (χ1n) is 6.22. The zero-order valence-electron chi connectivity index (χ0n) is 10.9. The van der Waals surface area contributed by atoms with Crippen molar-refractivity contribution >= 4 is 11.8 Å². The van der Waals surface area contributed by atoms with Crippen LogP contribution in [0.15, 0.2) is 0 Å². The van der Waals surface area contributed by atoms with Crippen molar-refractivity contribution in [1.82, 2.24) is 5.32 Å². The van der Waals surface area contributed by atoms with Crippen LogP contribution in [0.1, 0.15) is 33.1 Å². The maximum Gasteiger partial charge on any atom is 0.0897 e. The smallest absolute Gasteiger partial charge is 0.0897 e. The lowest BCUT2D eigenvalue weighted by Crippen LogP contribution is -2.38. The average Bonchev–Trinajstić information content (AvgIpc) is 2.30. The average molecular weight is 249 g/mol. The molecule has 0 bridgehead atoms. The van der Waals surface area contributed by atoms with Gasteiger partial charge in [0.1, 0.15) is 0 Å². The Labute approximate surface area is 104 Å². The van der Waals surface area contributed by atoms with Crippen LogP contribution < -0.4 is 5.32 Å². The van der Waals surface area contributed by atoms with Gasteiger partial charge in [-0.05, 0) is 19.1 Å². The van der Waals surface area contributed by atoms with Gasteiger partial charge in [0.15, 0.2) is 0 Å². The molecule has 3 nitrogen and oxygen atoms in total. The molecule has 0 saturated heterocycles. The van der Waals surface area contributed by atoms with Crippen LogP contribution in [0, 0.1) is 0 Å². The van der Waals surface area contributed by atoms with E-state index in [1.165, 1.54) is 0 Å². The van der Waals surface area contributed by atoms with Crippen LogP contribution in [0.25, 0.3) is 0 Å². The zero-order chi connectivity index (χ0) is 12.2. The molecule has 2 atom stereocenters. The minimum absolute atomic E-state index is 0.382. The normalized spacial score (nSPS) is 15.0. The summed E-state index contributed by atoms with van der Waals surface area (Å²) < 4.78 is 5.37. The molecule has 4 heteroatoms. The lowest BCUT2D eigenvalue weighted by atomic mass is 10.2. The summed E-state index contributed by atoms with van der Waals surface area (Å²) in [5, 5.41) is 13.0. The van der Waals surface area contributed by atoms with Crippen molar-refractivity contribution in [2.24, 2.45) is 0 Å². The van der Waals surface area contributed by atoms with Gasteiger partial charge in [-0.2, -0.15) is 11.8 Å². The monoisotopic (exact) mass is 249 g/mol. The van der Waals surface area contributed by atoms with Crippen LogP contribution in [-0.4, -0.2) is 49.0 Å². The van der Waals surface area contributed by atoms with E-state index in [1.54, 1.807) is 0 Å². The first-order chi connectivity index (χ1) is 7.74. The number of nitrogens with one attached hydrogen (secondary N) is 1. The van der Waals surface area contributed by atoms with Crippen molar-refractivity contribution < 1.29 is 9.84 Å². The Morgan fingerprint density at radius 3 is 2.69 bits per heavy atom. The summed E-state index contributed by atoms with van der Waals surface area (Å²) in [6, 6.07) is 0.500. The Kier molecular flexibility index (Phi) is 11.9. The van der Waals surface area contributed by atoms with Gasteiger partial charge in [-0.25, -0.2) is 0 Å². The maximum absolute atomic E-state index is 9.67. The third-order valence-electron chi connectivity index (χ3n) is 2.46. The van der Waals surface area contributed by atoms with Crippen LogP contribution in [-0.2, 0) is 4.74 Å². The first-order valence-corrected chi connectivity index (χ1v) is 7.62. The van der Waals surface area contributed by atoms with Crippen molar-refractivity contribution in [1.29, 1.82) is 0 Å². The zero-order valence-corrected chi connectivity index (χ0v) is 11.7. The van der Waals surface area contributed by atoms with E-state index >= 15 is 0 Å². The molecule has 0 aliphatic heterocycles. The van der Waals surface area contributed by atoms with Crippen molar-refractivity contribution in [3.8, 4) is 0 Å². The number of unbranched alkanes of at least 4 members (excludes halogenated alkanes) is 1. The first kappa shape index (κ1) is 16.2. The fourth-order valence-electron chi connectivity index (χ4n) is 1.35. The van der Waals surface area contributed by atoms with E-state index in [0.29, 0.717) is 19.2 Å². The topological polar surface area (TPSA) is 41.5 Å². The Balaban J connectivity index is 3.43. The molecule has 0 aliphatic carbocycles. The van der Waals surface area contributed by atoms with E-state index < -0.39 is 0 Å². The molecule has 0 aromatic rings. The summed E-state index contributed by atoms with van der Waals surface area (Å²) in [5.41, 5.74) is 0. The molecular formula is C12H27NO2S. The molecule has 0 radical (unpaired) electrons. The van der Waals surface area contributed by atoms with Gasteiger partial charge in [-0.15, -0.1) is 0 Å². The summed E-state index contributed by atoms with van der Waals surface area (Å²) in [4.78, 5) is 0. The molecule has 0 spiro atoms. The highest BCUT2D eigenvalue weighted by molar-refractivity contribution is 7.98. The Bertz CT molecular complexity index is 147. The summed E-state index contributed by atoms with van der Waals surface area (Å²) >= 11 is 1.84. The summed E-state index contributed by atoms with van der Waals surface area (Å²) in [5.74, 6) is 1.10. The highest BCUT2D eigenvalue weighted by Crippen LogP contribution is 2.01. The predicted molar refractivity (Wildman–Crippen MR) is 72.2 cm³/mol. The number of hydrogen-bond acceptors (Lipinski definition) is 4. The van der Waals surface area contributed by atoms with Crippen LogP contribution in [0.2, 0.25) is 0 Å². The van der Waals surface area contributed by atoms with Gasteiger partial charge < -0.3 is 15.2 Å². The highest BCUT2D eigenvalue weighted by Gasteiger charge is 2.08. The van der Waals surface area contributed by atoms with Gasteiger partial charge in [0, 0.05) is 24.9 Å². The van der Waals surface area contributed by atoms with E-state index in [4.69, 9.17) is 4.74 Å². The third-order valence-corrected chi connectivity index (χ3v) is 3.19. The maximum atomic E-state index is 9.67. The minimum atomic E-state index is -0.382. The van der Waals surface area contributed by atoms with Gasteiger partial charge in [0.05, 0.1) is 12.7 Å². The van der Waals surface area contributed by atoms with Crippen molar-refractivity contribution in [3.05, 3.63) is 0 Å². The van der Waals surface area contributed by atoms with Gasteiger partial charge in [0.25, 0.3) is 0 Å². The van der Waals surface area contributed by atoms with Crippen LogP contribution in [0.4, 0.5) is 0 Å². The second-order valence-electron chi connectivity index (χ2n) is 4.05. The molecule has 0 heterocycles. The van der Waals surface area contributed by atoms with E-state index in [1.807, 2.05) is 11.8 Å². The summed E-state index contributed by atoms with van der Waals surface area (Å²) in [6.45, 7) is 6.14. The fraction of sp³-hybridized carbons (Fsp3) is 1.00. The van der Waals surface area contributed by atoms with Gasteiger partial charge in [-0.3, -0.25) is 0 Å². The standard InChI is InChI=1S/C12H27NO2S/c1-4-6-7-15-9-12(14)8-13-11(5-2)10-16-3/h11-14H,4-10H2,1-3H3. The van der Waals surface area contributed by atoms with Crippen LogP contribution in [0.3, 0.4) is 0 Å². The molecule has 0 fully saturated rings. The lowest BCUT2D eigenvalue weighted by molar-refractivity contribution is 0.0348. The molecule has 0 aromatic carbocycles. The lowest BCUT2D eigenvalue weighted by Gasteiger charge is -2.18. The molecule has 0 aromatic heterocycles. The molecule has 0 aliphatic rings. The molecular weight excluding hydrogens is 222 g/mol. The van der Waals surface area contributed by atoms with Crippen molar-refractivity contribution in [3.63, 3.8) is 0 Å². The molecule has 0 amide bonds. The summed E-state index contributed by atoms with van der Waals surface area (Å²) in [6.07, 6.45) is 5.04. The largest absolute Gasteiger partial charge is 0.389 e. The van der Waals surface area contributed by atoms with Gasteiger partial charge in [0.2, 0.25) is 0 Å². The van der Waals surface area contributed by atoms with Crippen LogP contribution in [0.5, 0.6) is 0 Å². The number of hydrogen-bond donors (Lipinski definition) is 2. The molecule has 0 saturated carbocycles. The predicted octanol–water partition coefficient (Wildman–Crippen LogP) is 1.90. The number of rotatable bonds is 11. The number of aliphatic hydroxyl groups is 1. The molecule has 2 unspecified atom stereocenters. The minimum Gasteiger partial charge on any atom is -0.389 e. The molecule has 2 N–H and O–H groups in total. The van der Waals surface area contributed by atoms with Crippen LogP contribution >= 0.6 is 11.8 Å². The number of thioether (sulfide) groups is 1. The second-order valence-corrected chi connectivity index (χ2v) is 4.96. The third kappa shape index (κ3) is 9.46. The van der Waals surface area contributed by atoms with Crippen molar-refractivity contribution in [2.45, 2.75) is 45.3 Å². The molecule has 0 rings (SSSR count). The Morgan fingerprint density at radius 2 is 2.12 bits per heavy atom. The summed E-state index contributed by atoms with van der Waals surface area (Å²) in [7, 11) is 0. The van der Waals surface area contributed by atoms with Gasteiger partial charge in [-0.1, -0.05) is 20.3 Å². The van der Waals surface area contributed by atoms with E-state index in [-0.39, 0.29) is 6.10 Å². The van der Waals surface area contributed by atoms with Crippen molar-refractivity contribution in [2.75, 3.05) is 31.8 Å². The molecule has 98 valence electrons. The van der Waals surface area contributed by atoms with E-state index in [9.17, 15) is 5.11 Å². The highest BCUT2D eigenvalue weighted by atomic mass is 32.2. The Morgan fingerprint density at radius 1 is 1.38 bits per heavy atom. The van der Waals surface area contributed by atoms with Gasteiger partial charge >= 0.3 is 0 Å². The van der Waals surface area contributed by atoms with E-state index in [0.717, 1.165) is 31.6 Å². The quantitative estimate of drug-likeness (QED) is 0.549.